The van der Waals surface area contributed by atoms with Crippen molar-refractivity contribution in [3.05, 3.63) is 36.0 Å². The molecule has 1 heterocycles. The van der Waals surface area contributed by atoms with Crippen molar-refractivity contribution in [2.75, 3.05) is 20.1 Å². The quantitative estimate of drug-likeness (QED) is 0.550. The van der Waals surface area contributed by atoms with E-state index in [-0.39, 0.29) is 5.91 Å². The topological polar surface area (TPSA) is 82.9 Å². The van der Waals surface area contributed by atoms with Gasteiger partial charge in [-0.2, -0.15) is 0 Å². The van der Waals surface area contributed by atoms with Gasteiger partial charge in [0.2, 0.25) is 5.91 Å². The lowest BCUT2D eigenvalue weighted by Crippen LogP contribution is -2.41. The molecule has 0 saturated heterocycles. The van der Waals surface area contributed by atoms with Crippen LogP contribution in [0.4, 0.5) is 0 Å². The molecule has 1 aromatic carbocycles. The van der Waals surface area contributed by atoms with Gasteiger partial charge in [0, 0.05) is 23.6 Å². The highest BCUT2D eigenvalue weighted by molar-refractivity contribution is 5.83. The molecular formula is C16H24N4O. The van der Waals surface area contributed by atoms with Gasteiger partial charge in [0.05, 0.1) is 6.04 Å². The Morgan fingerprint density at radius 2 is 2.14 bits per heavy atom. The second-order valence-corrected chi connectivity index (χ2v) is 5.25. The highest BCUT2D eigenvalue weighted by Gasteiger charge is 2.12. The summed E-state index contributed by atoms with van der Waals surface area (Å²) in [5, 5.41) is 7.18. The molecule has 0 radical (unpaired) electrons. The molecule has 1 amide bonds. The van der Waals surface area contributed by atoms with Crippen molar-refractivity contribution in [2.45, 2.75) is 25.3 Å². The molecule has 114 valence electrons. The van der Waals surface area contributed by atoms with Crippen LogP contribution >= 0.6 is 0 Å². The zero-order chi connectivity index (χ0) is 15.1. The van der Waals surface area contributed by atoms with Gasteiger partial charge in [0.1, 0.15) is 0 Å². The average Bonchev–Trinajstić information content (AvgIpc) is 2.91. The van der Waals surface area contributed by atoms with E-state index in [9.17, 15) is 4.79 Å². The molecule has 21 heavy (non-hydrogen) atoms. The van der Waals surface area contributed by atoms with Crippen LogP contribution in [0.15, 0.2) is 30.5 Å². The summed E-state index contributed by atoms with van der Waals surface area (Å²) in [5.74, 6) is -0.0639. The summed E-state index contributed by atoms with van der Waals surface area (Å²) >= 11 is 0. The van der Waals surface area contributed by atoms with Crippen LogP contribution in [-0.4, -0.2) is 37.1 Å². The van der Waals surface area contributed by atoms with Crippen LogP contribution in [0.3, 0.4) is 0 Å². The second kappa shape index (κ2) is 7.81. The third kappa shape index (κ3) is 4.31. The van der Waals surface area contributed by atoms with Crippen LogP contribution < -0.4 is 16.4 Å². The number of nitrogens with one attached hydrogen (secondary N) is 3. The Morgan fingerprint density at radius 1 is 1.33 bits per heavy atom. The Morgan fingerprint density at radius 3 is 2.95 bits per heavy atom. The van der Waals surface area contributed by atoms with Crippen molar-refractivity contribution >= 4 is 16.8 Å². The van der Waals surface area contributed by atoms with E-state index in [2.05, 4.69) is 27.8 Å². The number of carbonyl (C=O) groups excluding carboxylic acids is 1. The lowest BCUT2D eigenvalue weighted by Gasteiger charge is -2.11. The van der Waals surface area contributed by atoms with Gasteiger partial charge in [-0.05, 0) is 44.5 Å². The van der Waals surface area contributed by atoms with E-state index in [0.29, 0.717) is 13.0 Å². The van der Waals surface area contributed by atoms with Crippen molar-refractivity contribution in [2.24, 2.45) is 5.73 Å². The predicted molar refractivity (Wildman–Crippen MR) is 86.1 cm³/mol. The van der Waals surface area contributed by atoms with Gasteiger partial charge in [-0.15, -0.1) is 0 Å². The largest absolute Gasteiger partial charge is 0.361 e. The van der Waals surface area contributed by atoms with Gasteiger partial charge < -0.3 is 21.4 Å². The molecule has 0 aliphatic heterocycles. The summed E-state index contributed by atoms with van der Waals surface area (Å²) < 4.78 is 0. The minimum Gasteiger partial charge on any atom is -0.361 e. The maximum atomic E-state index is 11.9. The Hall–Kier alpha value is -1.85. The number of hydrogen-bond acceptors (Lipinski definition) is 3. The molecule has 5 nitrogen and oxygen atoms in total. The fourth-order valence-electron chi connectivity index (χ4n) is 2.42. The smallest absolute Gasteiger partial charge is 0.236 e. The van der Waals surface area contributed by atoms with E-state index in [1.165, 1.54) is 10.9 Å². The number of fused-ring (bicyclic) bond motifs is 1. The van der Waals surface area contributed by atoms with Crippen molar-refractivity contribution < 1.29 is 4.79 Å². The Kier molecular flexibility index (Phi) is 5.78. The summed E-state index contributed by atoms with van der Waals surface area (Å²) in [6.07, 6.45) is 4.43. The summed E-state index contributed by atoms with van der Waals surface area (Å²) in [5.41, 5.74) is 8.21. The Labute approximate surface area is 125 Å². The molecule has 2 aromatic rings. The summed E-state index contributed by atoms with van der Waals surface area (Å²) in [7, 11) is 1.90. The molecule has 1 unspecified atom stereocenters. The predicted octanol–water partition coefficient (Wildman–Crippen LogP) is 1.15. The first-order chi connectivity index (χ1) is 10.2. The molecule has 0 spiro atoms. The number of amides is 1. The van der Waals surface area contributed by atoms with E-state index >= 15 is 0 Å². The van der Waals surface area contributed by atoms with Crippen LogP contribution in [-0.2, 0) is 11.2 Å². The molecule has 5 heteroatoms. The van der Waals surface area contributed by atoms with Crippen LogP contribution in [0.1, 0.15) is 18.4 Å². The number of para-hydroxylation sites is 1. The van der Waals surface area contributed by atoms with Crippen molar-refractivity contribution in [3.8, 4) is 0 Å². The minimum absolute atomic E-state index is 0.0639. The van der Waals surface area contributed by atoms with Crippen molar-refractivity contribution in [3.63, 3.8) is 0 Å². The average molecular weight is 288 g/mol. The molecule has 0 bridgehead atoms. The number of carbonyl (C=O) groups is 1. The molecule has 5 N–H and O–H groups in total. The standard InChI is InChI=1S/C16H24N4O/c1-18-9-4-6-14(17)16(21)19-10-8-12-11-20-15-7-3-2-5-13(12)15/h2-3,5,7,11,14,18,20H,4,6,8-10,17H2,1H3,(H,19,21). The normalized spacial score (nSPS) is 12.5. The third-order valence-electron chi connectivity index (χ3n) is 3.65. The van der Waals surface area contributed by atoms with Crippen LogP contribution in [0.25, 0.3) is 10.9 Å². The lowest BCUT2D eigenvalue weighted by atomic mass is 10.1. The second-order valence-electron chi connectivity index (χ2n) is 5.25. The lowest BCUT2D eigenvalue weighted by molar-refractivity contribution is -0.122. The van der Waals surface area contributed by atoms with E-state index in [1.807, 2.05) is 25.4 Å². The van der Waals surface area contributed by atoms with Gasteiger partial charge in [-0.25, -0.2) is 0 Å². The van der Waals surface area contributed by atoms with Gasteiger partial charge in [-0.3, -0.25) is 4.79 Å². The number of aromatic amines is 1. The highest BCUT2D eigenvalue weighted by atomic mass is 16.2. The zero-order valence-corrected chi connectivity index (χ0v) is 12.5. The first kappa shape index (κ1) is 15.5. The van der Waals surface area contributed by atoms with Crippen molar-refractivity contribution in [1.29, 1.82) is 0 Å². The van der Waals surface area contributed by atoms with Crippen LogP contribution in [0.2, 0.25) is 0 Å². The third-order valence-corrected chi connectivity index (χ3v) is 3.65. The van der Waals surface area contributed by atoms with Gasteiger partial charge in [-0.1, -0.05) is 18.2 Å². The molecule has 1 atom stereocenters. The van der Waals surface area contributed by atoms with Crippen LogP contribution in [0.5, 0.6) is 0 Å². The number of hydrogen-bond donors (Lipinski definition) is 4. The molecule has 2 rings (SSSR count). The first-order valence-corrected chi connectivity index (χ1v) is 7.45. The van der Waals surface area contributed by atoms with Gasteiger partial charge in [0.25, 0.3) is 0 Å². The minimum atomic E-state index is -0.415. The van der Waals surface area contributed by atoms with Crippen LogP contribution in [0, 0.1) is 0 Å². The molecule has 0 aliphatic rings. The van der Waals surface area contributed by atoms with Crippen molar-refractivity contribution in [1.82, 2.24) is 15.6 Å². The first-order valence-electron chi connectivity index (χ1n) is 7.45. The number of aromatic nitrogens is 1. The molecule has 0 saturated carbocycles. The molecule has 0 aliphatic carbocycles. The SMILES string of the molecule is CNCCCC(N)C(=O)NCCc1c[nH]c2ccccc12. The maximum absolute atomic E-state index is 11.9. The molecular weight excluding hydrogens is 264 g/mol. The summed E-state index contributed by atoms with van der Waals surface area (Å²) in [6.45, 7) is 1.50. The van der Waals surface area contributed by atoms with E-state index in [4.69, 9.17) is 5.73 Å². The number of rotatable bonds is 8. The van der Waals surface area contributed by atoms with Gasteiger partial charge in [0.15, 0.2) is 0 Å². The molecule has 1 aromatic heterocycles. The molecule has 0 fully saturated rings. The van der Waals surface area contributed by atoms with E-state index in [1.54, 1.807) is 0 Å². The monoisotopic (exact) mass is 288 g/mol. The zero-order valence-electron chi connectivity index (χ0n) is 12.5. The Balaban J connectivity index is 1.77. The Bertz CT molecular complexity index is 578. The number of H-pyrrole nitrogens is 1. The maximum Gasteiger partial charge on any atom is 0.236 e. The fraction of sp³-hybridized carbons (Fsp3) is 0.438. The van der Waals surface area contributed by atoms with E-state index in [0.717, 1.165) is 24.9 Å². The van der Waals surface area contributed by atoms with Gasteiger partial charge >= 0.3 is 0 Å². The summed E-state index contributed by atoms with van der Waals surface area (Å²) in [6, 6.07) is 7.76. The number of nitrogens with two attached hydrogens (primary N) is 1. The fourth-order valence-corrected chi connectivity index (χ4v) is 2.42. The highest BCUT2D eigenvalue weighted by Crippen LogP contribution is 2.17. The summed E-state index contributed by atoms with van der Waals surface area (Å²) in [4.78, 5) is 15.1. The van der Waals surface area contributed by atoms with E-state index < -0.39 is 6.04 Å². The number of benzene rings is 1.